The van der Waals surface area contributed by atoms with Crippen LogP contribution in [-0.4, -0.2) is 50.9 Å². The Labute approximate surface area is 235 Å². The molecule has 39 heavy (non-hydrogen) atoms. The Bertz CT molecular complexity index is 1380. The molecule has 10 heteroatoms. The van der Waals surface area contributed by atoms with Crippen LogP contribution in [0.2, 0.25) is 5.02 Å². The fraction of sp³-hybridized carbons (Fsp3) is 0.310. The Morgan fingerprint density at radius 3 is 2.05 bits per heavy atom. The summed E-state index contributed by atoms with van der Waals surface area (Å²) in [6, 6.07) is 18.7. The third-order valence-corrected chi connectivity index (χ3v) is 8.15. The maximum Gasteiger partial charge on any atom is 0.264 e. The fourth-order valence-electron chi connectivity index (χ4n) is 3.89. The molecule has 0 saturated carbocycles. The molecule has 1 unspecified atom stereocenters. The normalized spacial score (nSPS) is 12.1. The molecule has 8 nitrogen and oxygen atoms in total. The van der Waals surface area contributed by atoms with E-state index in [4.69, 9.17) is 16.3 Å². The first-order valence-electron chi connectivity index (χ1n) is 12.5. The topological polar surface area (TPSA) is 96.0 Å². The van der Waals surface area contributed by atoms with Crippen molar-refractivity contribution in [3.05, 3.63) is 88.9 Å². The minimum Gasteiger partial charge on any atom is -0.497 e. The van der Waals surface area contributed by atoms with Crippen LogP contribution in [0.1, 0.15) is 31.9 Å². The summed E-state index contributed by atoms with van der Waals surface area (Å²) in [6.07, 6.45) is 0. The summed E-state index contributed by atoms with van der Waals surface area (Å²) in [7, 11) is -2.69. The number of hydrogen-bond acceptors (Lipinski definition) is 5. The molecule has 0 saturated heterocycles. The number of benzene rings is 3. The zero-order chi connectivity index (χ0) is 28.7. The number of amides is 2. The lowest BCUT2D eigenvalue weighted by molar-refractivity contribution is -0.139. The Morgan fingerprint density at radius 2 is 1.51 bits per heavy atom. The zero-order valence-electron chi connectivity index (χ0n) is 22.7. The highest BCUT2D eigenvalue weighted by molar-refractivity contribution is 7.92. The Kier molecular flexibility index (Phi) is 9.99. The molecule has 1 N–H and O–H groups in total. The van der Waals surface area contributed by atoms with Crippen molar-refractivity contribution in [3.63, 3.8) is 0 Å². The summed E-state index contributed by atoms with van der Waals surface area (Å²) < 4.78 is 33.8. The first-order chi connectivity index (χ1) is 18.4. The summed E-state index contributed by atoms with van der Waals surface area (Å²) in [6.45, 7) is 6.86. The maximum atomic E-state index is 13.9. The van der Waals surface area contributed by atoms with Gasteiger partial charge in [0.25, 0.3) is 10.0 Å². The third-order valence-electron chi connectivity index (χ3n) is 6.11. The van der Waals surface area contributed by atoms with Crippen LogP contribution in [0.25, 0.3) is 0 Å². The highest BCUT2D eigenvalue weighted by Gasteiger charge is 2.32. The number of rotatable bonds is 11. The number of carbonyl (C=O) groups is 2. The van der Waals surface area contributed by atoms with Gasteiger partial charge in [-0.3, -0.25) is 13.9 Å². The molecule has 0 heterocycles. The van der Waals surface area contributed by atoms with Gasteiger partial charge in [0.1, 0.15) is 18.3 Å². The van der Waals surface area contributed by atoms with Gasteiger partial charge in [-0.2, -0.15) is 0 Å². The highest BCUT2D eigenvalue weighted by Crippen LogP contribution is 2.27. The lowest BCUT2D eigenvalue weighted by Crippen LogP contribution is -2.52. The van der Waals surface area contributed by atoms with E-state index in [-0.39, 0.29) is 29.1 Å². The van der Waals surface area contributed by atoms with E-state index in [2.05, 4.69) is 5.32 Å². The Morgan fingerprint density at radius 1 is 0.923 bits per heavy atom. The number of aryl methyl sites for hydroxylation is 1. The van der Waals surface area contributed by atoms with Gasteiger partial charge in [-0.25, -0.2) is 8.42 Å². The van der Waals surface area contributed by atoms with E-state index in [1.54, 1.807) is 19.1 Å². The smallest absolute Gasteiger partial charge is 0.264 e. The number of methoxy groups -OCH3 is 1. The standard InChI is InChI=1S/C29H34ClN3O5S/c1-20(2)31-29(35)22(4)32(18-23-8-6-21(3)7-9-23)28(34)19-33(25-12-10-24(30)11-13-25)39(36,37)27-16-14-26(38-5)15-17-27/h6-17,20,22H,18-19H2,1-5H3,(H,31,35). The van der Waals surface area contributed by atoms with Gasteiger partial charge >= 0.3 is 0 Å². The van der Waals surface area contributed by atoms with Crippen molar-refractivity contribution in [1.29, 1.82) is 0 Å². The van der Waals surface area contributed by atoms with Gasteiger partial charge < -0.3 is 15.0 Å². The van der Waals surface area contributed by atoms with Crippen LogP contribution in [0.5, 0.6) is 5.75 Å². The molecule has 0 aromatic heterocycles. The number of ether oxygens (including phenoxy) is 1. The highest BCUT2D eigenvalue weighted by atomic mass is 35.5. The van der Waals surface area contributed by atoms with Crippen molar-refractivity contribution in [2.24, 2.45) is 0 Å². The van der Waals surface area contributed by atoms with Crippen molar-refractivity contribution in [3.8, 4) is 5.75 Å². The van der Waals surface area contributed by atoms with Gasteiger partial charge in [-0.1, -0.05) is 41.4 Å². The number of nitrogens with one attached hydrogen (secondary N) is 1. The molecule has 3 aromatic rings. The number of sulfonamides is 1. The van der Waals surface area contributed by atoms with E-state index in [9.17, 15) is 18.0 Å². The molecule has 3 aromatic carbocycles. The van der Waals surface area contributed by atoms with Crippen LogP contribution >= 0.6 is 11.6 Å². The lowest BCUT2D eigenvalue weighted by atomic mass is 10.1. The molecule has 1 atom stereocenters. The third kappa shape index (κ3) is 7.74. The van der Waals surface area contributed by atoms with E-state index < -0.39 is 28.5 Å². The Balaban J connectivity index is 2.02. The number of halogens is 1. The summed E-state index contributed by atoms with van der Waals surface area (Å²) in [5.41, 5.74) is 2.13. The minimum atomic E-state index is -4.18. The van der Waals surface area contributed by atoms with Gasteiger partial charge in [0.15, 0.2) is 0 Å². The molecule has 3 rings (SSSR count). The average Bonchev–Trinajstić information content (AvgIpc) is 2.91. The molecule has 0 fully saturated rings. The van der Waals surface area contributed by atoms with Crippen LogP contribution in [0.4, 0.5) is 5.69 Å². The van der Waals surface area contributed by atoms with Gasteiger partial charge in [-0.05, 0) is 81.8 Å². The van der Waals surface area contributed by atoms with E-state index >= 15 is 0 Å². The van der Waals surface area contributed by atoms with E-state index in [1.165, 1.54) is 48.4 Å². The van der Waals surface area contributed by atoms with E-state index in [0.29, 0.717) is 10.8 Å². The van der Waals surface area contributed by atoms with Crippen molar-refractivity contribution in [2.45, 2.75) is 51.2 Å². The number of anilines is 1. The SMILES string of the molecule is COc1ccc(S(=O)(=O)N(CC(=O)N(Cc2ccc(C)cc2)C(C)C(=O)NC(C)C)c2ccc(Cl)cc2)cc1. The molecule has 0 aliphatic carbocycles. The predicted molar refractivity (Wildman–Crippen MR) is 153 cm³/mol. The minimum absolute atomic E-state index is 0.0123. The first kappa shape index (κ1) is 30.0. The molecule has 0 radical (unpaired) electrons. The van der Waals surface area contributed by atoms with Gasteiger partial charge in [-0.15, -0.1) is 0 Å². The predicted octanol–water partition coefficient (Wildman–Crippen LogP) is 4.79. The molecule has 0 aliphatic heterocycles. The Hall–Kier alpha value is -3.56. The second kappa shape index (κ2) is 13.0. The van der Waals surface area contributed by atoms with Crippen LogP contribution in [-0.2, 0) is 26.2 Å². The number of hydrogen-bond donors (Lipinski definition) is 1. The second-order valence-corrected chi connectivity index (χ2v) is 11.8. The second-order valence-electron chi connectivity index (χ2n) is 9.51. The van der Waals surface area contributed by atoms with Gasteiger partial charge in [0.05, 0.1) is 17.7 Å². The van der Waals surface area contributed by atoms with Crippen molar-refractivity contribution >= 4 is 39.1 Å². The van der Waals surface area contributed by atoms with Crippen LogP contribution in [0.15, 0.2) is 77.7 Å². The summed E-state index contributed by atoms with van der Waals surface area (Å²) >= 11 is 6.05. The van der Waals surface area contributed by atoms with Gasteiger partial charge in [0.2, 0.25) is 11.8 Å². The van der Waals surface area contributed by atoms with Crippen LogP contribution in [0.3, 0.4) is 0 Å². The molecular weight excluding hydrogens is 538 g/mol. The quantitative estimate of drug-likeness (QED) is 0.357. The molecule has 208 valence electrons. The molecule has 0 aliphatic rings. The zero-order valence-corrected chi connectivity index (χ0v) is 24.3. The van der Waals surface area contributed by atoms with E-state index in [0.717, 1.165) is 15.4 Å². The molecular formula is C29H34ClN3O5S. The molecule has 2 amide bonds. The molecule has 0 bridgehead atoms. The number of nitrogens with zero attached hydrogens (tertiary/aromatic N) is 2. The van der Waals surface area contributed by atoms with Crippen molar-refractivity contribution < 1.29 is 22.7 Å². The van der Waals surface area contributed by atoms with Crippen molar-refractivity contribution in [1.82, 2.24) is 10.2 Å². The molecule has 0 spiro atoms. The largest absolute Gasteiger partial charge is 0.497 e. The summed E-state index contributed by atoms with van der Waals surface area (Å²) in [5, 5.41) is 3.26. The van der Waals surface area contributed by atoms with Gasteiger partial charge in [0, 0.05) is 17.6 Å². The monoisotopic (exact) mass is 571 g/mol. The lowest BCUT2D eigenvalue weighted by Gasteiger charge is -2.32. The average molecular weight is 572 g/mol. The fourth-order valence-corrected chi connectivity index (χ4v) is 5.43. The first-order valence-corrected chi connectivity index (χ1v) is 14.3. The summed E-state index contributed by atoms with van der Waals surface area (Å²) in [5.74, 6) is -0.368. The van der Waals surface area contributed by atoms with Crippen molar-refractivity contribution in [2.75, 3.05) is 18.0 Å². The number of carbonyl (C=O) groups excluding carboxylic acids is 2. The van der Waals surface area contributed by atoms with E-state index in [1.807, 2.05) is 45.0 Å². The van der Waals surface area contributed by atoms with Crippen LogP contribution < -0.4 is 14.4 Å². The van der Waals surface area contributed by atoms with Crippen LogP contribution in [0, 0.1) is 6.92 Å². The summed E-state index contributed by atoms with van der Waals surface area (Å²) in [4.78, 5) is 28.2. The maximum absolute atomic E-state index is 13.9.